The number of halogens is 5. The fraction of sp³-hybridized carbons (Fsp3) is 0.0526. The smallest absolute Gasteiger partial charge is 0.194 e. The standard InChI is InChI=1S/C19H11F5/c1-10-2-7-14(18(23)17(10)22)12-5-3-11(4-6-12)13-8-15(20)19(24)16(21)9-13/h2-9H,1H3. The van der Waals surface area contributed by atoms with Gasteiger partial charge in [-0.1, -0.05) is 36.4 Å². The lowest BCUT2D eigenvalue weighted by molar-refractivity contribution is 0.448. The Morgan fingerprint density at radius 3 is 1.67 bits per heavy atom. The number of hydrogen-bond donors (Lipinski definition) is 0. The summed E-state index contributed by atoms with van der Waals surface area (Å²) in [6.45, 7) is 1.46. The lowest BCUT2D eigenvalue weighted by Crippen LogP contribution is -1.94. The van der Waals surface area contributed by atoms with Crippen molar-refractivity contribution in [2.45, 2.75) is 6.92 Å². The molecule has 0 nitrogen and oxygen atoms in total. The van der Waals surface area contributed by atoms with Gasteiger partial charge in [0.15, 0.2) is 29.1 Å². The van der Waals surface area contributed by atoms with Crippen LogP contribution in [0.15, 0.2) is 48.5 Å². The second kappa shape index (κ2) is 6.07. The highest BCUT2D eigenvalue weighted by molar-refractivity contribution is 5.71. The Morgan fingerprint density at radius 2 is 1.08 bits per heavy atom. The summed E-state index contributed by atoms with van der Waals surface area (Å²) < 4.78 is 67.3. The van der Waals surface area contributed by atoms with Gasteiger partial charge in [-0.05, 0) is 41.3 Å². The first kappa shape index (κ1) is 16.2. The maximum atomic E-state index is 14.0. The first-order chi connectivity index (χ1) is 11.4. The lowest BCUT2D eigenvalue weighted by Gasteiger charge is -2.08. The Morgan fingerprint density at radius 1 is 0.542 bits per heavy atom. The molecule has 0 spiro atoms. The average Bonchev–Trinajstić information content (AvgIpc) is 2.57. The molecule has 5 heteroatoms. The van der Waals surface area contributed by atoms with E-state index in [2.05, 4.69) is 0 Å². The van der Waals surface area contributed by atoms with Crippen LogP contribution < -0.4 is 0 Å². The largest absolute Gasteiger partial charge is 0.204 e. The summed E-state index contributed by atoms with van der Waals surface area (Å²) in [4.78, 5) is 0. The summed E-state index contributed by atoms with van der Waals surface area (Å²) >= 11 is 0. The van der Waals surface area contributed by atoms with Crippen molar-refractivity contribution in [2.75, 3.05) is 0 Å². The first-order valence-electron chi connectivity index (χ1n) is 7.08. The molecule has 0 saturated carbocycles. The summed E-state index contributed by atoms with van der Waals surface area (Å²) in [6.07, 6.45) is 0. The Bertz CT molecular complexity index is 891. The molecule has 0 aliphatic carbocycles. The van der Waals surface area contributed by atoms with Gasteiger partial charge in [-0.2, -0.15) is 0 Å². The van der Waals surface area contributed by atoms with E-state index >= 15 is 0 Å². The molecule has 0 heterocycles. The van der Waals surface area contributed by atoms with Crippen molar-refractivity contribution in [1.82, 2.24) is 0 Å². The van der Waals surface area contributed by atoms with Gasteiger partial charge < -0.3 is 0 Å². The molecular weight excluding hydrogens is 323 g/mol. The second-order valence-electron chi connectivity index (χ2n) is 5.39. The number of benzene rings is 3. The van der Waals surface area contributed by atoms with Gasteiger partial charge in [-0.15, -0.1) is 0 Å². The number of aryl methyl sites for hydroxylation is 1. The van der Waals surface area contributed by atoms with Gasteiger partial charge in [-0.3, -0.25) is 0 Å². The first-order valence-corrected chi connectivity index (χ1v) is 7.08. The van der Waals surface area contributed by atoms with Crippen LogP contribution >= 0.6 is 0 Å². The minimum atomic E-state index is -1.53. The van der Waals surface area contributed by atoms with Crippen LogP contribution in [0.1, 0.15) is 5.56 Å². The van der Waals surface area contributed by atoms with Crippen LogP contribution in [0.25, 0.3) is 22.3 Å². The van der Waals surface area contributed by atoms with E-state index in [1.54, 1.807) is 0 Å². The fourth-order valence-corrected chi connectivity index (χ4v) is 2.43. The van der Waals surface area contributed by atoms with Crippen molar-refractivity contribution in [3.05, 3.63) is 83.2 Å². The Labute approximate surface area is 135 Å². The maximum Gasteiger partial charge on any atom is 0.194 e. The van der Waals surface area contributed by atoms with Crippen molar-refractivity contribution in [2.24, 2.45) is 0 Å². The molecule has 0 fully saturated rings. The quantitative estimate of drug-likeness (QED) is 0.397. The van der Waals surface area contributed by atoms with Crippen molar-refractivity contribution < 1.29 is 22.0 Å². The van der Waals surface area contributed by atoms with Crippen LogP contribution in [0.2, 0.25) is 0 Å². The highest BCUT2D eigenvalue weighted by Crippen LogP contribution is 2.29. The lowest BCUT2D eigenvalue weighted by atomic mass is 9.99. The molecule has 0 amide bonds. The maximum absolute atomic E-state index is 14.0. The molecule has 0 radical (unpaired) electrons. The molecule has 0 aromatic heterocycles. The van der Waals surface area contributed by atoms with Crippen LogP contribution in [0.3, 0.4) is 0 Å². The average molecular weight is 334 g/mol. The van der Waals surface area contributed by atoms with Crippen LogP contribution in [-0.4, -0.2) is 0 Å². The zero-order valence-corrected chi connectivity index (χ0v) is 12.5. The van der Waals surface area contributed by atoms with Crippen LogP contribution in [0.4, 0.5) is 22.0 Å². The van der Waals surface area contributed by atoms with Gasteiger partial charge in [0.2, 0.25) is 0 Å². The normalized spacial score (nSPS) is 10.9. The molecule has 0 aliphatic heterocycles. The molecule has 0 bridgehead atoms. The third-order valence-corrected chi connectivity index (χ3v) is 3.79. The van der Waals surface area contributed by atoms with Crippen LogP contribution in [-0.2, 0) is 0 Å². The van der Waals surface area contributed by atoms with Gasteiger partial charge in [0.05, 0.1) is 0 Å². The SMILES string of the molecule is Cc1ccc(-c2ccc(-c3cc(F)c(F)c(F)c3)cc2)c(F)c1F. The predicted molar refractivity (Wildman–Crippen MR) is 81.8 cm³/mol. The zero-order valence-electron chi connectivity index (χ0n) is 12.5. The van der Waals surface area contributed by atoms with E-state index in [-0.39, 0.29) is 16.7 Å². The Kier molecular flexibility index (Phi) is 4.09. The van der Waals surface area contributed by atoms with Gasteiger partial charge in [-0.25, -0.2) is 22.0 Å². The van der Waals surface area contributed by atoms with E-state index < -0.39 is 29.1 Å². The van der Waals surface area contributed by atoms with E-state index in [1.807, 2.05) is 0 Å². The van der Waals surface area contributed by atoms with Gasteiger partial charge in [0.25, 0.3) is 0 Å². The highest BCUT2D eigenvalue weighted by Gasteiger charge is 2.14. The molecule has 0 N–H and O–H groups in total. The summed E-state index contributed by atoms with van der Waals surface area (Å²) in [7, 11) is 0. The van der Waals surface area contributed by atoms with E-state index in [1.165, 1.54) is 43.3 Å². The molecular formula is C19H11F5. The molecule has 0 atom stereocenters. The fourth-order valence-electron chi connectivity index (χ4n) is 2.43. The zero-order chi connectivity index (χ0) is 17.4. The van der Waals surface area contributed by atoms with E-state index in [4.69, 9.17) is 0 Å². The predicted octanol–water partition coefficient (Wildman–Crippen LogP) is 6.02. The van der Waals surface area contributed by atoms with Crippen molar-refractivity contribution >= 4 is 0 Å². The van der Waals surface area contributed by atoms with E-state index in [9.17, 15) is 22.0 Å². The molecule has 3 rings (SSSR count). The number of rotatable bonds is 2. The third kappa shape index (κ3) is 2.77. The van der Waals surface area contributed by atoms with Crippen LogP contribution in [0, 0.1) is 36.0 Å². The highest BCUT2D eigenvalue weighted by atomic mass is 19.2. The molecule has 24 heavy (non-hydrogen) atoms. The summed E-state index contributed by atoms with van der Waals surface area (Å²) in [5, 5.41) is 0. The minimum Gasteiger partial charge on any atom is -0.204 e. The van der Waals surface area contributed by atoms with Crippen LogP contribution in [0.5, 0.6) is 0 Å². The topological polar surface area (TPSA) is 0 Å². The molecule has 0 saturated heterocycles. The van der Waals surface area contributed by atoms with Crippen molar-refractivity contribution in [1.29, 1.82) is 0 Å². The van der Waals surface area contributed by atoms with Gasteiger partial charge >= 0.3 is 0 Å². The summed E-state index contributed by atoms with van der Waals surface area (Å²) in [6, 6.07) is 10.7. The molecule has 3 aromatic rings. The molecule has 0 unspecified atom stereocenters. The van der Waals surface area contributed by atoms with Crippen molar-refractivity contribution in [3.63, 3.8) is 0 Å². The monoisotopic (exact) mass is 334 g/mol. The summed E-state index contributed by atoms with van der Waals surface area (Å²) in [5.74, 6) is -5.99. The number of hydrogen-bond acceptors (Lipinski definition) is 0. The van der Waals surface area contributed by atoms with E-state index in [0.29, 0.717) is 11.1 Å². The third-order valence-electron chi connectivity index (χ3n) is 3.79. The van der Waals surface area contributed by atoms with Gasteiger partial charge in [0.1, 0.15) is 0 Å². The summed E-state index contributed by atoms with van der Waals surface area (Å²) in [5.41, 5.74) is 1.27. The Hall–Kier alpha value is -2.69. The minimum absolute atomic E-state index is 0.0844. The van der Waals surface area contributed by atoms with Crippen molar-refractivity contribution in [3.8, 4) is 22.3 Å². The Balaban J connectivity index is 2.02. The molecule has 122 valence electrons. The molecule has 0 aliphatic rings. The second-order valence-corrected chi connectivity index (χ2v) is 5.39. The van der Waals surface area contributed by atoms with E-state index in [0.717, 1.165) is 12.1 Å². The van der Waals surface area contributed by atoms with Gasteiger partial charge in [0, 0.05) is 5.56 Å². The molecule has 3 aromatic carbocycles.